The summed E-state index contributed by atoms with van der Waals surface area (Å²) in [5, 5.41) is 0.00443. The number of sulfonamides is 1. The highest BCUT2D eigenvalue weighted by atomic mass is 32.2. The van der Waals surface area contributed by atoms with Crippen molar-refractivity contribution in [2.45, 2.75) is 11.9 Å². The summed E-state index contributed by atoms with van der Waals surface area (Å²) in [7, 11) is -0.712. The first kappa shape index (κ1) is 14.2. The van der Waals surface area contributed by atoms with Gasteiger partial charge in [0.2, 0.25) is 0 Å². The molecule has 2 rings (SSSR count). The van der Waals surface area contributed by atoms with Crippen molar-refractivity contribution in [2.24, 2.45) is 0 Å². The Hall–Kier alpha value is -2.22. The number of nitrogens with zero attached hydrogens (tertiary/aromatic N) is 1. The zero-order chi connectivity index (χ0) is 14.8. The zero-order valence-electron chi connectivity index (χ0n) is 11.3. The van der Waals surface area contributed by atoms with Gasteiger partial charge in [0, 0.05) is 6.07 Å². The molecule has 0 fully saturated rings. The molecule has 0 unspecified atom stereocenters. The summed E-state index contributed by atoms with van der Waals surface area (Å²) in [5.74, 6) is 1.49. The minimum absolute atomic E-state index is 0.00443. The van der Waals surface area contributed by atoms with Crippen LogP contribution in [0.3, 0.4) is 0 Å². The van der Waals surface area contributed by atoms with E-state index in [1.165, 1.54) is 20.4 Å². The summed E-state index contributed by atoms with van der Waals surface area (Å²) in [4.78, 5) is 6.54. The number of ether oxygens (including phenoxy) is 2. The second-order valence-corrected chi connectivity index (χ2v) is 5.66. The number of methoxy groups -OCH3 is 2. The molecular formula is C12H15N3O4S. The van der Waals surface area contributed by atoms with Crippen LogP contribution in [0.25, 0.3) is 0 Å². The Bertz CT molecular complexity index is 709. The van der Waals surface area contributed by atoms with Gasteiger partial charge in [0.15, 0.2) is 16.5 Å². The number of benzene rings is 1. The Morgan fingerprint density at radius 1 is 1.20 bits per heavy atom. The van der Waals surface area contributed by atoms with Crippen molar-refractivity contribution in [3.8, 4) is 11.5 Å². The Morgan fingerprint density at radius 2 is 1.90 bits per heavy atom. The van der Waals surface area contributed by atoms with Crippen molar-refractivity contribution in [1.82, 2.24) is 9.97 Å². The normalized spacial score (nSPS) is 11.2. The first-order valence-corrected chi connectivity index (χ1v) is 7.21. The highest BCUT2D eigenvalue weighted by Crippen LogP contribution is 2.30. The number of hydrogen-bond donors (Lipinski definition) is 2. The zero-order valence-corrected chi connectivity index (χ0v) is 12.1. The van der Waals surface area contributed by atoms with Crippen LogP contribution in [-0.4, -0.2) is 32.6 Å². The molecule has 8 heteroatoms. The Kier molecular flexibility index (Phi) is 3.84. The standard InChI is InChI=1S/C12H15N3O4S/c1-8-13-7-12(14-8)20(16,17)15-9-4-5-10(18-2)11(6-9)19-3/h4-7,15H,1-3H3,(H,13,14). The first-order chi connectivity index (χ1) is 9.46. The minimum Gasteiger partial charge on any atom is -0.493 e. The van der Waals surface area contributed by atoms with E-state index < -0.39 is 10.0 Å². The second kappa shape index (κ2) is 5.41. The van der Waals surface area contributed by atoms with E-state index in [4.69, 9.17) is 9.47 Å². The quantitative estimate of drug-likeness (QED) is 0.873. The molecule has 1 heterocycles. The lowest BCUT2D eigenvalue weighted by Gasteiger charge is -2.11. The number of aromatic nitrogens is 2. The van der Waals surface area contributed by atoms with Crippen LogP contribution >= 0.6 is 0 Å². The lowest BCUT2D eigenvalue weighted by molar-refractivity contribution is 0.355. The van der Waals surface area contributed by atoms with E-state index in [9.17, 15) is 8.42 Å². The van der Waals surface area contributed by atoms with Gasteiger partial charge in [-0.3, -0.25) is 4.72 Å². The molecule has 0 saturated carbocycles. The molecule has 0 radical (unpaired) electrons. The van der Waals surface area contributed by atoms with Gasteiger partial charge in [0.05, 0.1) is 26.1 Å². The molecular weight excluding hydrogens is 282 g/mol. The fourth-order valence-electron chi connectivity index (χ4n) is 1.64. The lowest BCUT2D eigenvalue weighted by atomic mass is 10.3. The highest BCUT2D eigenvalue weighted by molar-refractivity contribution is 7.92. The average Bonchev–Trinajstić information content (AvgIpc) is 2.85. The molecule has 0 amide bonds. The maximum absolute atomic E-state index is 12.1. The van der Waals surface area contributed by atoms with E-state index in [2.05, 4.69) is 14.7 Å². The first-order valence-electron chi connectivity index (χ1n) is 5.72. The van der Waals surface area contributed by atoms with Crippen molar-refractivity contribution in [3.05, 3.63) is 30.2 Å². The number of H-pyrrole nitrogens is 1. The smallest absolute Gasteiger partial charge is 0.278 e. The molecule has 0 atom stereocenters. The number of hydrogen-bond acceptors (Lipinski definition) is 5. The molecule has 2 N–H and O–H groups in total. The fourth-order valence-corrected chi connectivity index (χ4v) is 2.67. The third-order valence-corrected chi connectivity index (χ3v) is 3.90. The summed E-state index contributed by atoms with van der Waals surface area (Å²) in [5.41, 5.74) is 0.370. The lowest BCUT2D eigenvalue weighted by Crippen LogP contribution is -2.13. The number of rotatable bonds is 5. The van der Waals surface area contributed by atoms with Crippen molar-refractivity contribution >= 4 is 15.7 Å². The van der Waals surface area contributed by atoms with Gasteiger partial charge in [-0.15, -0.1) is 0 Å². The SMILES string of the molecule is COc1ccc(NS(=O)(=O)c2cnc(C)[nH]2)cc1OC. The van der Waals surface area contributed by atoms with Gasteiger partial charge in [0.25, 0.3) is 10.0 Å². The van der Waals surface area contributed by atoms with Gasteiger partial charge in [-0.2, -0.15) is 8.42 Å². The number of nitrogens with one attached hydrogen (secondary N) is 2. The Morgan fingerprint density at radius 3 is 2.45 bits per heavy atom. The number of anilines is 1. The van der Waals surface area contributed by atoms with Crippen LogP contribution in [0.2, 0.25) is 0 Å². The summed E-state index contributed by atoms with van der Waals surface area (Å²) in [6, 6.07) is 4.75. The summed E-state index contributed by atoms with van der Waals surface area (Å²) in [6.07, 6.45) is 1.26. The number of imidazole rings is 1. The van der Waals surface area contributed by atoms with Gasteiger partial charge in [-0.05, 0) is 19.1 Å². The predicted octanol–water partition coefficient (Wildman–Crippen LogP) is 1.54. The van der Waals surface area contributed by atoms with Crippen LogP contribution in [0, 0.1) is 6.92 Å². The maximum atomic E-state index is 12.1. The molecule has 7 nitrogen and oxygen atoms in total. The second-order valence-electron chi connectivity index (χ2n) is 4.01. The van der Waals surface area contributed by atoms with Gasteiger partial charge >= 0.3 is 0 Å². The fraction of sp³-hybridized carbons (Fsp3) is 0.250. The molecule has 0 aliphatic carbocycles. The van der Waals surface area contributed by atoms with Crippen molar-refractivity contribution in [2.75, 3.05) is 18.9 Å². The van der Waals surface area contributed by atoms with Gasteiger partial charge < -0.3 is 14.5 Å². The van der Waals surface area contributed by atoms with Gasteiger partial charge in [0.1, 0.15) is 5.82 Å². The molecule has 0 bridgehead atoms. The molecule has 108 valence electrons. The topological polar surface area (TPSA) is 93.3 Å². The predicted molar refractivity (Wildman–Crippen MR) is 73.7 cm³/mol. The third kappa shape index (κ3) is 2.85. The van der Waals surface area contributed by atoms with E-state index in [1.807, 2.05) is 0 Å². The molecule has 2 aromatic rings. The van der Waals surface area contributed by atoms with Crippen LogP contribution in [0.4, 0.5) is 5.69 Å². The van der Waals surface area contributed by atoms with E-state index in [1.54, 1.807) is 25.1 Å². The third-order valence-electron chi connectivity index (χ3n) is 2.60. The minimum atomic E-state index is -3.70. The molecule has 0 aliphatic rings. The molecule has 0 aliphatic heterocycles. The van der Waals surface area contributed by atoms with Crippen molar-refractivity contribution in [1.29, 1.82) is 0 Å². The van der Waals surface area contributed by atoms with Crippen molar-refractivity contribution < 1.29 is 17.9 Å². The molecule has 0 saturated heterocycles. The largest absolute Gasteiger partial charge is 0.493 e. The van der Waals surface area contributed by atoms with E-state index in [0.29, 0.717) is 23.0 Å². The molecule has 20 heavy (non-hydrogen) atoms. The van der Waals surface area contributed by atoms with E-state index in [-0.39, 0.29) is 5.03 Å². The van der Waals surface area contributed by atoms with Crippen LogP contribution in [0.1, 0.15) is 5.82 Å². The Labute approximate surface area is 117 Å². The monoisotopic (exact) mass is 297 g/mol. The molecule has 1 aromatic carbocycles. The van der Waals surface area contributed by atoms with Crippen LogP contribution in [0.15, 0.2) is 29.4 Å². The van der Waals surface area contributed by atoms with Gasteiger partial charge in [-0.1, -0.05) is 0 Å². The number of aromatic amines is 1. The van der Waals surface area contributed by atoms with Crippen LogP contribution in [-0.2, 0) is 10.0 Å². The maximum Gasteiger partial charge on any atom is 0.278 e. The number of aryl methyl sites for hydroxylation is 1. The Balaban J connectivity index is 2.30. The van der Waals surface area contributed by atoms with Crippen molar-refractivity contribution in [3.63, 3.8) is 0 Å². The summed E-state index contributed by atoms with van der Waals surface area (Å²) < 4.78 is 36.9. The van der Waals surface area contributed by atoms with E-state index in [0.717, 1.165) is 0 Å². The average molecular weight is 297 g/mol. The van der Waals surface area contributed by atoms with Crippen LogP contribution < -0.4 is 14.2 Å². The molecule has 0 spiro atoms. The van der Waals surface area contributed by atoms with E-state index >= 15 is 0 Å². The highest BCUT2D eigenvalue weighted by Gasteiger charge is 2.17. The summed E-state index contributed by atoms with van der Waals surface area (Å²) >= 11 is 0. The van der Waals surface area contributed by atoms with Gasteiger partial charge in [-0.25, -0.2) is 4.98 Å². The summed E-state index contributed by atoms with van der Waals surface area (Å²) in [6.45, 7) is 1.68. The van der Waals surface area contributed by atoms with Crippen LogP contribution in [0.5, 0.6) is 11.5 Å². The molecule has 1 aromatic heterocycles.